The summed E-state index contributed by atoms with van der Waals surface area (Å²) in [6.07, 6.45) is 1.75. The quantitative estimate of drug-likeness (QED) is 0.389. The standard InChI is InChI=1S/CH3NOS2/c1-5-3-2-4/h1H3. The van der Waals surface area contributed by atoms with E-state index in [1.807, 2.05) is 0 Å². The molecule has 0 aliphatic rings. The lowest BCUT2D eigenvalue weighted by Gasteiger charge is -1.76. The van der Waals surface area contributed by atoms with Gasteiger partial charge in [-0.1, -0.05) is 0 Å². The van der Waals surface area contributed by atoms with E-state index in [9.17, 15) is 0 Å². The van der Waals surface area contributed by atoms with Crippen LogP contribution >= 0.6 is 12.0 Å². The molecular formula is CH3NOS2. The Labute approximate surface area is 40.2 Å². The zero-order chi connectivity index (χ0) is 4.12. The van der Waals surface area contributed by atoms with Crippen LogP contribution in [0.1, 0.15) is 0 Å². The fourth-order valence-electron chi connectivity index (χ4n) is 0.0304. The number of nitrogens with zero attached hydrogens (tertiary/aromatic N) is 1. The summed E-state index contributed by atoms with van der Waals surface area (Å²) in [6.45, 7) is 0. The maximum absolute atomic E-state index is 4.19. The normalized spacial score (nSPS) is 6.60. The molecule has 0 unspecified atom stereocenters. The first-order valence-corrected chi connectivity index (χ1v) is 2.46. The summed E-state index contributed by atoms with van der Waals surface area (Å²) in [5.41, 5.74) is 0. The Kier molecular flexibility index (Phi) is 4.31. The molecule has 0 aromatic heterocycles. The van der Waals surface area contributed by atoms with E-state index in [4.69, 9.17) is 0 Å². The molecule has 0 fully saturated rings. The highest BCUT2D eigenvalue weighted by molar-refractivity contribution is 7.93. The second-order valence-electron chi connectivity index (χ2n) is 0.316. The van der Waals surface area contributed by atoms with Crippen molar-refractivity contribution in [3.8, 4) is 0 Å². The molecule has 0 aromatic rings. The SMILES string of the molecule is CSON=S. The zero-order valence-corrected chi connectivity index (χ0v) is 4.30. The molecule has 0 rings (SSSR count). The molecule has 5 heavy (non-hydrogen) atoms. The van der Waals surface area contributed by atoms with Crippen molar-refractivity contribution in [2.45, 2.75) is 0 Å². The Balaban J connectivity index is 2.40. The van der Waals surface area contributed by atoms with Crippen LogP contribution in [0, 0.1) is 0 Å². The van der Waals surface area contributed by atoms with E-state index in [1.165, 1.54) is 0 Å². The minimum Gasteiger partial charge on any atom is -0.310 e. The van der Waals surface area contributed by atoms with E-state index in [1.54, 1.807) is 6.26 Å². The molecule has 0 N–H and O–H groups in total. The predicted octanol–water partition coefficient (Wildman–Crippen LogP) is 0.926. The monoisotopic (exact) mass is 109 g/mol. The molecule has 0 bridgehead atoms. The Morgan fingerprint density at radius 1 is 2.00 bits per heavy atom. The Morgan fingerprint density at radius 3 is 2.60 bits per heavy atom. The van der Waals surface area contributed by atoms with Crippen LogP contribution in [0.25, 0.3) is 0 Å². The summed E-state index contributed by atoms with van der Waals surface area (Å²) < 4.78 is 7.09. The van der Waals surface area contributed by atoms with Crippen LogP contribution < -0.4 is 0 Å². The van der Waals surface area contributed by atoms with Gasteiger partial charge in [0.2, 0.25) is 0 Å². The van der Waals surface area contributed by atoms with Crippen LogP contribution in [-0.4, -0.2) is 6.26 Å². The van der Waals surface area contributed by atoms with Crippen molar-refractivity contribution in [2.75, 3.05) is 6.26 Å². The second-order valence-corrected chi connectivity index (χ2v) is 0.947. The van der Waals surface area contributed by atoms with Crippen molar-refractivity contribution in [1.82, 2.24) is 0 Å². The summed E-state index contributed by atoms with van der Waals surface area (Å²) in [5, 5.41) is 0. The fraction of sp³-hybridized carbons (Fsp3) is 1.00. The average Bonchev–Trinajstić information content (AvgIpc) is 1.41. The van der Waals surface area contributed by atoms with Gasteiger partial charge in [-0.3, -0.25) is 0 Å². The summed E-state index contributed by atoms with van der Waals surface area (Å²) >= 11 is 5.16. The third-order valence-electron chi connectivity index (χ3n) is 0.105. The first kappa shape index (κ1) is 5.17. The highest BCUT2D eigenvalue weighted by Gasteiger charge is 1.61. The summed E-state index contributed by atoms with van der Waals surface area (Å²) in [6, 6.07) is 0. The highest BCUT2D eigenvalue weighted by Crippen LogP contribution is 1.90. The largest absolute Gasteiger partial charge is 0.310 e. The molecule has 0 aromatic carbocycles. The van der Waals surface area contributed by atoms with Gasteiger partial charge in [0.25, 0.3) is 0 Å². The molecule has 4 heteroatoms. The molecule has 0 atom stereocenters. The zero-order valence-electron chi connectivity index (χ0n) is 2.67. The second kappa shape index (κ2) is 4.17. The van der Waals surface area contributed by atoms with Gasteiger partial charge in [-0.25, -0.2) is 0 Å². The van der Waals surface area contributed by atoms with Gasteiger partial charge in [-0.15, -0.1) is 0 Å². The van der Waals surface area contributed by atoms with Gasteiger partial charge in [0.05, 0.1) is 24.5 Å². The van der Waals surface area contributed by atoms with Gasteiger partial charge in [0.1, 0.15) is 0 Å². The summed E-state index contributed by atoms with van der Waals surface area (Å²) in [7, 11) is 0. The minimum atomic E-state index is 1.13. The van der Waals surface area contributed by atoms with Gasteiger partial charge in [0, 0.05) is 10.8 Å². The third kappa shape index (κ3) is 4.17. The van der Waals surface area contributed by atoms with E-state index < -0.39 is 0 Å². The maximum atomic E-state index is 4.19. The van der Waals surface area contributed by atoms with Crippen LogP contribution in [-0.2, 0) is 16.7 Å². The lowest BCUT2D eigenvalue weighted by atomic mass is 12.0. The van der Waals surface area contributed by atoms with E-state index >= 15 is 0 Å². The first-order valence-electron chi connectivity index (χ1n) is 0.940. The van der Waals surface area contributed by atoms with Crippen LogP contribution in [0.3, 0.4) is 0 Å². The molecule has 0 radical (unpaired) electrons. The molecule has 0 aliphatic carbocycles. The average molecular weight is 109 g/mol. The number of hydrogen-bond acceptors (Lipinski definition) is 4. The van der Waals surface area contributed by atoms with E-state index in [-0.39, 0.29) is 0 Å². The minimum absolute atomic E-state index is 1.13. The Morgan fingerprint density at radius 2 is 2.60 bits per heavy atom. The van der Waals surface area contributed by atoms with Gasteiger partial charge in [-0.2, -0.15) is 0 Å². The molecular weight excluding hydrogens is 106 g/mol. The van der Waals surface area contributed by atoms with Gasteiger partial charge >= 0.3 is 0 Å². The van der Waals surface area contributed by atoms with Crippen LogP contribution in [0.2, 0.25) is 0 Å². The third-order valence-corrected chi connectivity index (χ3v) is 0.497. The van der Waals surface area contributed by atoms with E-state index in [0.29, 0.717) is 0 Å². The Bertz CT molecular complexity index is 30.8. The number of hydrogen-bond donors (Lipinski definition) is 0. The number of rotatable bonds is 2. The van der Waals surface area contributed by atoms with Crippen LogP contribution in [0.4, 0.5) is 0 Å². The summed E-state index contributed by atoms with van der Waals surface area (Å²) in [4.78, 5) is 0. The molecule has 0 saturated heterocycles. The van der Waals surface area contributed by atoms with E-state index in [0.717, 1.165) is 12.0 Å². The van der Waals surface area contributed by atoms with Crippen molar-refractivity contribution < 1.29 is 4.28 Å². The first-order chi connectivity index (χ1) is 2.41. The predicted molar refractivity (Wildman–Crippen MR) is 24.4 cm³/mol. The smallest absolute Gasteiger partial charge is 0.0855 e. The van der Waals surface area contributed by atoms with Crippen LogP contribution in [0.15, 0.2) is 4.53 Å². The van der Waals surface area contributed by atoms with Crippen molar-refractivity contribution >= 4 is 24.5 Å². The van der Waals surface area contributed by atoms with Gasteiger partial charge in [0.15, 0.2) is 0 Å². The van der Waals surface area contributed by atoms with Gasteiger partial charge in [-0.05, 0) is 0 Å². The molecule has 0 spiro atoms. The molecule has 0 heterocycles. The van der Waals surface area contributed by atoms with Crippen molar-refractivity contribution in [3.63, 3.8) is 0 Å². The Hall–Kier alpha value is 0.170. The van der Waals surface area contributed by atoms with Crippen molar-refractivity contribution in [1.29, 1.82) is 0 Å². The summed E-state index contributed by atoms with van der Waals surface area (Å²) in [5.74, 6) is 0. The highest BCUT2D eigenvalue weighted by atomic mass is 32.2. The van der Waals surface area contributed by atoms with Crippen LogP contribution in [0.5, 0.6) is 0 Å². The van der Waals surface area contributed by atoms with E-state index in [2.05, 4.69) is 21.2 Å². The molecule has 30 valence electrons. The van der Waals surface area contributed by atoms with Crippen molar-refractivity contribution in [3.05, 3.63) is 0 Å². The molecule has 0 saturated carbocycles. The lowest BCUT2D eigenvalue weighted by Crippen LogP contribution is -1.51. The molecule has 2 nitrogen and oxygen atoms in total. The fourth-order valence-corrected chi connectivity index (χ4v) is 0.274. The molecule has 0 amide bonds. The van der Waals surface area contributed by atoms with Gasteiger partial charge < -0.3 is 4.28 Å². The lowest BCUT2D eigenvalue weighted by molar-refractivity contribution is 0.420. The maximum Gasteiger partial charge on any atom is 0.0855 e. The topological polar surface area (TPSA) is 21.6 Å². The molecule has 0 aliphatic heterocycles. The van der Waals surface area contributed by atoms with Crippen molar-refractivity contribution in [2.24, 2.45) is 4.53 Å².